The first-order valence-electron chi connectivity index (χ1n) is 5.03. The second-order valence-electron chi connectivity index (χ2n) is 6.08. The Morgan fingerprint density at radius 1 is 0.692 bits per heavy atom. The second-order valence-corrected chi connectivity index (χ2v) is 19.6. The molecule has 13 heavy (non-hydrogen) atoms. The summed E-state index contributed by atoms with van der Waals surface area (Å²) in [5, 5.41) is 0. The molecule has 5 heteroatoms. The van der Waals surface area contributed by atoms with Crippen molar-refractivity contribution in [1.29, 1.82) is 0 Å². The Hall–Kier alpha value is 0.886. The van der Waals surface area contributed by atoms with Crippen molar-refractivity contribution < 1.29 is 6.96 Å². The fourth-order valence-electron chi connectivity index (χ4n) is 1.73. The molecule has 0 aromatic rings. The lowest BCUT2D eigenvalue weighted by atomic mass is 11.8. The molecular weight excluding hydrogens is 211 g/mol. The lowest BCUT2D eigenvalue weighted by molar-refractivity contribution is 0.395. The summed E-state index contributed by atoms with van der Waals surface area (Å²) >= 11 is -2.14. The minimum atomic E-state index is -2.14. The van der Waals surface area contributed by atoms with Gasteiger partial charge in [0.25, 0.3) is 0 Å². The topological polar surface area (TPSA) is 18.5 Å². The van der Waals surface area contributed by atoms with Crippen LogP contribution in [0.4, 0.5) is 0 Å². The van der Waals surface area contributed by atoms with Crippen LogP contribution < -0.4 is 0 Å². The first-order valence-corrected chi connectivity index (χ1v) is 15.1. The van der Waals surface area contributed by atoms with E-state index in [1.165, 1.54) is 0 Å². The van der Waals surface area contributed by atoms with Crippen molar-refractivity contribution in [3.63, 3.8) is 0 Å². The summed E-state index contributed by atoms with van der Waals surface area (Å²) in [5.74, 6) is 4.37. The molecule has 0 amide bonds. The molecule has 0 aliphatic heterocycles. The van der Waals surface area contributed by atoms with Crippen molar-refractivity contribution in [2.75, 3.05) is 0 Å². The summed E-state index contributed by atoms with van der Waals surface area (Å²) in [6.45, 7) is 13.3. The predicted octanol–water partition coefficient (Wildman–Crippen LogP) is 3.39. The van der Waals surface area contributed by atoms with Crippen molar-refractivity contribution in [1.82, 2.24) is 0 Å². The minimum Gasteiger partial charge on any atom is -0.682 e. The molecule has 2 nitrogen and oxygen atoms in total. The van der Waals surface area contributed by atoms with Crippen LogP contribution in [0.15, 0.2) is 0 Å². The summed E-state index contributed by atoms with van der Waals surface area (Å²) in [4.78, 5) is 0. The van der Waals surface area contributed by atoms with Gasteiger partial charge < -0.3 is 6.96 Å². The maximum absolute atomic E-state index is 6.12. The van der Waals surface area contributed by atoms with Crippen molar-refractivity contribution in [2.45, 2.75) is 50.9 Å². The van der Waals surface area contributed by atoms with Gasteiger partial charge in [0.2, 0.25) is 0 Å². The standard InChI is InChI=1S/2C3H9OSi.2CH3.Al/c2*1-5(2,3)4;;;/h2*1-3H3;2*1H3;/q2*-1;;;+1. The summed E-state index contributed by atoms with van der Waals surface area (Å²) in [7, 11) is -2.84. The Bertz CT molecular complexity index is 152. The van der Waals surface area contributed by atoms with Gasteiger partial charge in [-0.05, 0) is 39.3 Å². The maximum Gasteiger partial charge on any atom is 0.451 e. The predicted molar refractivity (Wildman–Crippen MR) is 66.3 cm³/mol. The highest BCUT2D eigenvalue weighted by Crippen LogP contribution is 2.19. The summed E-state index contributed by atoms with van der Waals surface area (Å²) < 4.78 is 12.2. The zero-order valence-corrected chi connectivity index (χ0v) is 13.5. The Morgan fingerprint density at radius 2 is 0.923 bits per heavy atom. The van der Waals surface area contributed by atoms with E-state index in [1.54, 1.807) is 0 Å². The van der Waals surface area contributed by atoms with Gasteiger partial charge in [-0.3, -0.25) is 0 Å². The Labute approximate surface area is 88.2 Å². The van der Waals surface area contributed by atoms with Crippen LogP contribution in [0.2, 0.25) is 50.9 Å². The molecule has 0 radical (unpaired) electrons. The molecule has 0 bridgehead atoms. The lowest BCUT2D eigenvalue weighted by Crippen LogP contribution is -2.50. The van der Waals surface area contributed by atoms with Gasteiger partial charge in [0.15, 0.2) is 0 Å². The molecule has 0 saturated heterocycles. The van der Waals surface area contributed by atoms with Crippen LogP contribution in [0.1, 0.15) is 0 Å². The molecule has 0 aromatic heterocycles. The third-order valence-electron chi connectivity index (χ3n) is 1.27. The number of hydrogen-bond acceptors (Lipinski definition) is 2. The highest BCUT2D eigenvalue weighted by molar-refractivity contribution is 6.87. The molecule has 0 aliphatic carbocycles. The van der Waals surface area contributed by atoms with E-state index >= 15 is 0 Å². The van der Waals surface area contributed by atoms with E-state index in [9.17, 15) is 0 Å². The first kappa shape index (κ1) is 13.9. The fraction of sp³-hybridized carbons (Fsp3) is 1.00. The monoisotopic (exact) mass is 235 g/mol. The van der Waals surface area contributed by atoms with Gasteiger partial charge in [0, 0.05) is 0 Å². The van der Waals surface area contributed by atoms with Crippen LogP contribution in [-0.4, -0.2) is 30.4 Å². The molecule has 80 valence electrons. The van der Waals surface area contributed by atoms with Gasteiger partial charge >= 0.3 is 13.7 Å². The Kier molecular flexibility index (Phi) is 4.46. The molecule has 0 aromatic carbocycles. The normalized spacial score (nSPS) is 14.8. The molecular formula is C8H24AlO2Si2-. The average molecular weight is 235 g/mol. The van der Waals surface area contributed by atoms with Gasteiger partial charge in [-0.2, -0.15) is 11.6 Å². The molecule has 0 spiro atoms. The maximum atomic E-state index is 6.12. The second kappa shape index (κ2) is 4.17. The fourth-order valence-corrected chi connectivity index (χ4v) is 16.0. The molecule has 0 saturated carbocycles. The first-order chi connectivity index (χ1) is 5.41. The van der Waals surface area contributed by atoms with Gasteiger partial charge in [-0.15, -0.1) is 0 Å². The molecule has 0 N–H and O–H groups in total. The minimum absolute atomic E-state index is 1.42. The van der Waals surface area contributed by atoms with Crippen molar-refractivity contribution in [3.8, 4) is 0 Å². The number of hydrogen-bond donors (Lipinski definition) is 0. The van der Waals surface area contributed by atoms with Gasteiger partial charge in [-0.25, -0.2) is 0 Å². The number of rotatable bonds is 4. The van der Waals surface area contributed by atoms with Crippen LogP contribution in [0, 0.1) is 0 Å². The van der Waals surface area contributed by atoms with Crippen molar-refractivity contribution in [3.05, 3.63) is 0 Å². The SMILES string of the molecule is [CH3][Al-]([CH3])([O][Si](C)(C)C)[O][Si](C)(C)C. The Balaban J connectivity index is 4.25. The van der Waals surface area contributed by atoms with Crippen LogP contribution in [-0.2, 0) is 6.96 Å². The van der Waals surface area contributed by atoms with Gasteiger partial charge in [0.1, 0.15) is 16.6 Å². The van der Waals surface area contributed by atoms with E-state index in [0.29, 0.717) is 0 Å². The largest absolute Gasteiger partial charge is 0.682 e. The summed E-state index contributed by atoms with van der Waals surface area (Å²) in [5.41, 5.74) is 0. The van der Waals surface area contributed by atoms with E-state index in [2.05, 4.69) is 50.9 Å². The summed E-state index contributed by atoms with van der Waals surface area (Å²) in [6, 6.07) is 0. The highest BCUT2D eigenvalue weighted by Gasteiger charge is 2.32. The van der Waals surface area contributed by atoms with Crippen LogP contribution in [0.25, 0.3) is 0 Å². The van der Waals surface area contributed by atoms with Crippen LogP contribution >= 0.6 is 0 Å². The van der Waals surface area contributed by atoms with Crippen LogP contribution in [0.3, 0.4) is 0 Å². The molecule has 0 heterocycles. The molecule has 0 aliphatic rings. The van der Waals surface area contributed by atoms with E-state index in [-0.39, 0.29) is 0 Å². The van der Waals surface area contributed by atoms with Crippen molar-refractivity contribution in [2.24, 2.45) is 0 Å². The summed E-state index contributed by atoms with van der Waals surface area (Å²) in [6.07, 6.45) is 0. The third-order valence-corrected chi connectivity index (χ3v) is 11.5. The van der Waals surface area contributed by atoms with E-state index in [1.807, 2.05) is 0 Å². The van der Waals surface area contributed by atoms with E-state index in [0.717, 1.165) is 0 Å². The highest BCUT2D eigenvalue weighted by atomic mass is 28.4. The average Bonchev–Trinajstić information content (AvgIpc) is 1.43. The smallest absolute Gasteiger partial charge is 0.451 e. The van der Waals surface area contributed by atoms with Gasteiger partial charge in [-0.1, -0.05) is 0 Å². The van der Waals surface area contributed by atoms with Crippen LogP contribution in [0.5, 0.6) is 0 Å². The molecule has 0 atom stereocenters. The molecule has 0 unspecified atom stereocenters. The molecule has 0 fully saturated rings. The zero-order valence-electron chi connectivity index (χ0n) is 10.4. The zero-order chi connectivity index (χ0) is 10.9. The third kappa shape index (κ3) is 9.20. The van der Waals surface area contributed by atoms with E-state index < -0.39 is 30.4 Å². The lowest BCUT2D eigenvalue weighted by Gasteiger charge is -2.44. The molecule has 0 rings (SSSR count). The quantitative estimate of drug-likeness (QED) is 0.695. The van der Waals surface area contributed by atoms with Crippen molar-refractivity contribution >= 4 is 30.4 Å². The van der Waals surface area contributed by atoms with Gasteiger partial charge in [0.05, 0.1) is 0 Å². The van der Waals surface area contributed by atoms with E-state index in [4.69, 9.17) is 6.96 Å². The Morgan fingerprint density at radius 3 is 1.08 bits per heavy atom.